The molecule has 22 saturated carbocycles. The first kappa shape index (κ1) is 54.4. The predicted molar refractivity (Wildman–Crippen MR) is 308 cm³/mol. The Morgan fingerprint density at radius 3 is 0.479 bits per heavy atom. The summed E-state index contributed by atoms with van der Waals surface area (Å²) in [6.07, 6.45) is 85.5. The molecule has 0 nitrogen and oxygen atoms in total. The zero-order chi connectivity index (χ0) is 48.0. The van der Waals surface area contributed by atoms with Crippen LogP contribution in [0.15, 0.2) is 0 Å². The van der Waals surface area contributed by atoms with Crippen LogP contribution in [0.3, 0.4) is 0 Å². The molecular formula is C71H124. The summed E-state index contributed by atoms with van der Waals surface area (Å²) in [6.45, 7) is 0. The van der Waals surface area contributed by atoms with Crippen LogP contribution in [0.5, 0.6) is 0 Å². The Balaban J connectivity index is 0.0000000928. The van der Waals surface area contributed by atoms with Crippen LogP contribution in [-0.2, 0) is 0 Å². The second kappa shape index (κ2) is 28.1. The van der Waals surface area contributed by atoms with Crippen LogP contribution in [0, 0.1) is 93.7 Å². The predicted octanol–water partition coefficient (Wildman–Crippen LogP) is 23.2. The van der Waals surface area contributed by atoms with Crippen LogP contribution in [0.1, 0.15) is 353 Å². The molecule has 0 heterocycles. The molecule has 0 aromatic heterocycles. The zero-order valence-electron chi connectivity index (χ0n) is 48.0. The van der Waals surface area contributed by atoms with E-state index in [0.717, 1.165) is 34.5 Å². The average molecular weight is 978 g/mol. The van der Waals surface area contributed by atoms with Gasteiger partial charge in [0.1, 0.15) is 0 Å². The lowest BCUT2D eigenvalue weighted by atomic mass is 9.56. The Morgan fingerprint density at radius 1 is 0.127 bits per heavy atom. The molecule has 2 unspecified atom stereocenters. The first-order valence-electron chi connectivity index (χ1n) is 35.0. The van der Waals surface area contributed by atoms with Gasteiger partial charge in [0.25, 0.3) is 0 Å². The van der Waals surface area contributed by atoms with Gasteiger partial charge in [-0.2, -0.15) is 0 Å². The molecule has 22 fully saturated rings. The number of rotatable bonds is 0. The molecule has 2 atom stereocenters. The van der Waals surface area contributed by atoms with Crippen molar-refractivity contribution in [3.05, 3.63) is 0 Å². The second-order valence-electron chi connectivity index (χ2n) is 31.2. The summed E-state index contributed by atoms with van der Waals surface area (Å²) in [5.74, 6) is 16.5. The molecule has 0 heteroatoms. The number of hydrogen-bond donors (Lipinski definition) is 0. The van der Waals surface area contributed by atoms with E-state index in [2.05, 4.69) is 0 Å². The molecule has 408 valence electrons. The van der Waals surface area contributed by atoms with Gasteiger partial charge in [-0.1, -0.05) is 225 Å². The van der Waals surface area contributed by atoms with Crippen molar-refractivity contribution >= 4 is 0 Å². The van der Waals surface area contributed by atoms with E-state index in [4.69, 9.17) is 0 Å². The normalized spacial score (nSPS) is 42.6. The van der Waals surface area contributed by atoms with Crippen LogP contribution in [0.25, 0.3) is 0 Å². The SMILES string of the molecule is C1C2CC1C2.C1CC2CC(C1)C2.C1CC2CC1C2.C1CC2CCC(C1)C2.C1CC2CCC1C2.C1CC2CCCC(C1)C2.C1CCC2(CC1)CCCC2.C1CCC2(CC1)CCCCC2.C1CCC2CC(C1)C2. The summed E-state index contributed by atoms with van der Waals surface area (Å²) < 4.78 is 0. The lowest BCUT2D eigenvalue weighted by molar-refractivity contribution is 0.0198. The van der Waals surface area contributed by atoms with Gasteiger partial charge in [-0.15, -0.1) is 0 Å². The summed E-state index contributed by atoms with van der Waals surface area (Å²) in [7, 11) is 0. The van der Waals surface area contributed by atoms with Crippen LogP contribution in [0.2, 0.25) is 0 Å². The Kier molecular flexibility index (Phi) is 21.5. The minimum atomic E-state index is 0.858. The van der Waals surface area contributed by atoms with Crippen molar-refractivity contribution in [3.63, 3.8) is 0 Å². The largest absolute Gasteiger partial charge is 0.0533 e. The van der Waals surface area contributed by atoms with Crippen molar-refractivity contribution in [2.75, 3.05) is 0 Å². The zero-order valence-corrected chi connectivity index (χ0v) is 48.0. The van der Waals surface area contributed by atoms with Gasteiger partial charge in [-0.25, -0.2) is 0 Å². The van der Waals surface area contributed by atoms with Gasteiger partial charge in [-0.3, -0.25) is 0 Å². The molecule has 0 radical (unpaired) electrons. The quantitative estimate of drug-likeness (QED) is 0.227. The van der Waals surface area contributed by atoms with Gasteiger partial charge in [-0.05, 0) is 222 Å². The second-order valence-corrected chi connectivity index (χ2v) is 31.2. The van der Waals surface area contributed by atoms with Crippen molar-refractivity contribution < 1.29 is 0 Å². The fraction of sp³-hybridized carbons (Fsp3) is 1.00. The molecule has 0 aromatic rings. The van der Waals surface area contributed by atoms with Crippen molar-refractivity contribution in [3.8, 4) is 0 Å². The third-order valence-corrected chi connectivity index (χ3v) is 25.7. The van der Waals surface area contributed by atoms with E-state index < -0.39 is 0 Å². The summed E-state index contributed by atoms with van der Waals surface area (Å²) >= 11 is 0. The highest BCUT2D eigenvalue weighted by molar-refractivity contribution is 4.93. The molecule has 0 aliphatic heterocycles. The van der Waals surface area contributed by atoms with E-state index in [1.54, 1.807) is 244 Å². The van der Waals surface area contributed by atoms with Crippen LogP contribution < -0.4 is 0 Å². The van der Waals surface area contributed by atoms with E-state index in [9.17, 15) is 0 Å². The Hall–Kier alpha value is 0. The van der Waals surface area contributed by atoms with Crippen LogP contribution >= 0.6 is 0 Å². The van der Waals surface area contributed by atoms with Gasteiger partial charge < -0.3 is 0 Å². The molecule has 22 rings (SSSR count). The first-order chi connectivity index (χ1) is 35.0. The van der Waals surface area contributed by atoms with Crippen LogP contribution in [-0.4, -0.2) is 0 Å². The molecule has 0 aromatic carbocycles. The standard InChI is InChI=1S/C11H20.C10H18.C9H16.2C8H14.2C7H12.C6H10.C5H8/c1-3-7-11(8-4-1)9-5-2-6-10-11;1-2-6-10(7-3-1)8-4-5-9-10;1-3-8-5-2-6-9(4-1)7-8;1-2-7-4-5-8(3-1)6-7;1-2-4-8-5-7(3-1)6-8;1-2-7-4-3-6(1)5-7;1-2-6-4-7(3-1)5-6;1-2-6-3-5(1)4-6;1-4-2-5(1)3-4/h1-10H2;1-9H2;8-9H,1-7H2;2*7-8H,1-6H2;2*6-7H,1-5H2;5-6H,1-4H2;4-5H,1-3H2. The molecule has 22 aliphatic carbocycles. The molecule has 0 N–H and O–H groups in total. The molecule has 0 saturated heterocycles. The van der Waals surface area contributed by atoms with Gasteiger partial charge in [0.05, 0.1) is 0 Å². The summed E-state index contributed by atoms with van der Waals surface area (Å²) in [5, 5.41) is 0. The van der Waals surface area contributed by atoms with Crippen molar-refractivity contribution in [1.29, 1.82) is 0 Å². The first-order valence-corrected chi connectivity index (χ1v) is 35.0. The van der Waals surface area contributed by atoms with E-state index in [1.165, 1.54) is 168 Å². The number of fused-ring (bicyclic) bond motifs is 12. The fourth-order valence-corrected chi connectivity index (χ4v) is 20.5. The summed E-state index contributed by atoms with van der Waals surface area (Å²) in [5.41, 5.74) is 1.73. The average Bonchev–Trinajstić information content (AvgIpc) is 4.25. The van der Waals surface area contributed by atoms with Crippen molar-refractivity contribution in [2.45, 2.75) is 353 Å². The van der Waals surface area contributed by atoms with E-state index in [1.807, 2.05) is 0 Å². The highest BCUT2D eigenvalue weighted by atomic mass is 14.5. The van der Waals surface area contributed by atoms with Gasteiger partial charge in [0, 0.05) is 0 Å². The lowest BCUT2D eigenvalue weighted by Crippen LogP contribution is -2.38. The maximum Gasteiger partial charge on any atom is -0.0297 e. The smallest absolute Gasteiger partial charge is 0.0297 e. The molecular weight excluding hydrogens is 853 g/mol. The topological polar surface area (TPSA) is 0 Å². The van der Waals surface area contributed by atoms with Crippen LogP contribution in [0.4, 0.5) is 0 Å². The van der Waals surface area contributed by atoms with E-state index in [-0.39, 0.29) is 0 Å². The maximum absolute atomic E-state index is 1.58. The van der Waals surface area contributed by atoms with Crippen molar-refractivity contribution in [2.24, 2.45) is 93.7 Å². The maximum atomic E-state index is 1.58. The molecule has 22 aliphatic rings. The van der Waals surface area contributed by atoms with E-state index >= 15 is 0 Å². The van der Waals surface area contributed by atoms with Crippen molar-refractivity contribution in [1.82, 2.24) is 0 Å². The van der Waals surface area contributed by atoms with Gasteiger partial charge >= 0.3 is 0 Å². The Morgan fingerprint density at radius 2 is 0.282 bits per heavy atom. The minimum Gasteiger partial charge on any atom is -0.0533 e. The summed E-state index contributed by atoms with van der Waals surface area (Å²) in [4.78, 5) is 0. The summed E-state index contributed by atoms with van der Waals surface area (Å²) in [6, 6.07) is 0. The highest BCUT2D eigenvalue weighted by Gasteiger charge is 2.41. The third-order valence-electron chi connectivity index (χ3n) is 25.7. The minimum absolute atomic E-state index is 0.858. The Bertz CT molecular complexity index is 1290. The van der Waals surface area contributed by atoms with Gasteiger partial charge in [0.15, 0.2) is 0 Å². The highest BCUT2D eigenvalue weighted by Crippen LogP contribution is 2.53. The van der Waals surface area contributed by atoms with E-state index in [0.29, 0.717) is 0 Å². The lowest BCUT2D eigenvalue weighted by Gasteiger charge is -2.49. The molecule has 2 spiro atoms. The fourth-order valence-electron chi connectivity index (χ4n) is 20.5. The molecule has 0 amide bonds. The number of hydrogen-bond acceptors (Lipinski definition) is 0. The third kappa shape index (κ3) is 17.0. The van der Waals surface area contributed by atoms with Gasteiger partial charge in [0.2, 0.25) is 0 Å². The monoisotopic (exact) mass is 977 g/mol. The molecule has 71 heavy (non-hydrogen) atoms. The molecule has 14 bridgehead atoms. The Labute approximate surface area is 444 Å².